The maximum absolute atomic E-state index is 13.5. The summed E-state index contributed by atoms with van der Waals surface area (Å²) in [6.45, 7) is 3.99. The first kappa shape index (κ1) is 23.9. The van der Waals surface area contributed by atoms with Crippen LogP contribution in [0.5, 0.6) is 5.75 Å². The van der Waals surface area contributed by atoms with Gasteiger partial charge in [-0.15, -0.1) is 0 Å². The number of ether oxygens (including phenoxy) is 2. The van der Waals surface area contributed by atoms with Crippen LogP contribution in [0.25, 0.3) is 16.6 Å². The molecular weight excluding hydrogens is 450 g/mol. The van der Waals surface area contributed by atoms with Crippen molar-refractivity contribution in [1.29, 1.82) is 0 Å². The molecule has 1 heterocycles. The lowest BCUT2D eigenvalue weighted by Crippen LogP contribution is -2.24. The molecule has 0 N–H and O–H groups in total. The first-order valence-electron chi connectivity index (χ1n) is 12.7. The van der Waals surface area contributed by atoms with Crippen molar-refractivity contribution < 1.29 is 19.1 Å². The van der Waals surface area contributed by atoms with E-state index in [2.05, 4.69) is 0 Å². The Kier molecular flexibility index (Phi) is 6.90. The highest BCUT2D eigenvalue weighted by atomic mass is 16.5. The zero-order valence-corrected chi connectivity index (χ0v) is 20.8. The van der Waals surface area contributed by atoms with E-state index >= 15 is 0 Å². The molecule has 0 radical (unpaired) electrons. The first-order valence-corrected chi connectivity index (χ1v) is 12.7. The predicted molar refractivity (Wildman–Crippen MR) is 141 cm³/mol. The molecule has 1 saturated carbocycles. The third-order valence-corrected chi connectivity index (χ3v) is 7.17. The van der Waals surface area contributed by atoms with Crippen molar-refractivity contribution in [3.8, 4) is 11.4 Å². The van der Waals surface area contributed by atoms with Crippen LogP contribution < -0.4 is 4.74 Å². The summed E-state index contributed by atoms with van der Waals surface area (Å²) in [4.78, 5) is 26.5. The minimum absolute atomic E-state index is 0.246. The van der Waals surface area contributed by atoms with E-state index in [0.717, 1.165) is 48.1 Å². The highest BCUT2D eigenvalue weighted by Gasteiger charge is 2.33. The normalized spacial score (nSPS) is 14.6. The summed E-state index contributed by atoms with van der Waals surface area (Å²) in [5.74, 6) is -0.220. The van der Waals surface area contributed by atoms with Gasteiger partial charge >= 0.3 is 11.9 Å². The van der Waals surface area contributed by atoms with Gasteiger partial charge in [0.15, 0.2) is 0 Å². The van der Waals surface area contributed by atoms with Gasteiger partial charge in [-0.05, 0) is 68.5 Å². The molecule has 0 bridgehead atoms. The van der Waals surface area contributed by atoms with E-state index in [4.69, 9.17) is 9.47 Å². The van der Waals surface area contributed by atoms with E-state index < -0.39 is 0 Å². The number of para-hydroxylation sites is 1. The maximum Gasteiger partial charge on any atom is 0.340 e. The fraction of sp³-hybridized carbons (Fsp3) is 0.290. The van der Waals surface area contributed by atoms with Crippen molar-refractivity contribution in [3.63, 3.8) is 0 Å². The average molecular weight is 482 g/mol. The molecule has 1 aromatic heterocycles. The van der Waals surface area contributed by atoms with E-state index in [9.17, 15) is 9.59 Å². The van der Waals surface area contributed by atoms with Crippen LogP contribution in [0.1, 0.15) is 60.1 Å². The second-order valence-corrected chi connectivity index (χ2v) is 9.38. The van der Waals surface area contributed by atoms with Gasteiger partial charge in [-0.3, -0.25) is 4.79 Å². The molecule has 1 atom stereocenters. The van der Waals surface area contributed by atoms with Gasteiger partial charge in [0.1, 0.15) is 5.75 Å². The summed E-state index contributed by atoms with van der Waals surface area (Å²) in [6.07, 6.45) is 4.34. The Bertz CT molecular complexity index is 1370. The number of rotatable bonds is 7. The van der Waals surface area contributed by atoms with Crippen molar-refractivity contribution in [3.05, 3.63) is 95.7 Å². The number of carbonyl (C=O) groups is 2. The third kappa shape index (κ3) is 4.53. The lowest BCUT2D eigenvalue weighted by atomic mass is 9.85. The van der Waals surface area contributed by atoms with Crippen LogP contribution in [0.4, 0.5) is 0 Å². The quantitative estimate of drug-likeness (QED) is 0.211. The Morgan fingerprint density at radius 1 is 0.944 bits per heavy atom. The zero-order valence-electron chi connectivity index (χ0n) is 20.8. The summed E-state index contributed by atoms with van der Waals surface area (Å²) >= 11 is 0. The molecule has 1 aliphatic rings. The molecule has 5 nitrogen and oxygen atoms in total. The van der Waals surface area contributed by atoms with Crippen molar-refractivity contribution in [2.45, 2.75) is 45.4 Å². The van der Waals surface area contributed by atoms with Crippen LogP contribution in [-0.2, 0) is 9.53 Å². The minimum Gasteiger partial charge on any atom is -0.462 e. The van der Waals surface area contributed by atoms with Gasteiger partial charge in [0.2, 0.25) is 0 Å². The van der Waals surface area contributed by atoms with Gasteiger partial charge in [0.05, 0.1) is 23.6 Å². The SMILES string of the molecule is CCOC(=O)c1c(C)n(-c2ccccc2)c2ccc(OC(=O)[C@@H](c3ccccc3)C3CCCC3)cc12. The van der Waals surface area contributed by atoms with Crippen LogP contribution in [0.2, 0.25) is 0 Å². The fourth-order valence-corrected chi connectivity index (χ4v) is 5.56. The number of nitrogens with zero attached hydrogens (tertiary/aromatic N) is 1. The molecule has 3 aromatic carbocycles. The molecule has 0 amide bonds. The predicted octanol–water partition coefficient (Wildman–Crippen LogP) is 7.00. The number of carbonyl (C=O) groups excluding carboxylic acids is 2. The van der Waals surface area contributed by atoms with Crippen molar-refractivity contribution in [2.75, 3.05) is 6.61 Å². The van der Waals surface area contributed by atoms with E-state index in [0.29, 0.717) is 16.7 Å². The highest BCUT2D eigenvalue weighted by Crippen LogP contribution is 2.39. The summed E-state index contributed by atoms with van der Waals surface area (Å²) in [6, 6.07) is 25.3. The van der Waals surface area contributed by atoms with E-state index in [1.807, 2.05) is 84.3 Å². The molecule has 184 valence electrons. The molecule has 5 rings (SSSR count). The summed E-state index contributed by atoms with van der Waals surface area (Å²) < 4.78 is 13.4. The molecule has 1 aliphatic carbocycles. The highest BCUT2D eigenvalue weighted by molar-refractivity contribution is 6.07. The van der Waals surface area contributed by atoms with Gasteiger partial charge in [-0.1, -0.05) is 61.4 Å². The first-order chi connectivity index (χ1) is 17.6. The molecule has 5 heteroatoms. The van der Waals surface area contributed by atoms with E-state index in [1.165, 1.54) is 0 Å². The summed E-state index contributed by atoms with van der Waals surface area (Å²) in [5, 5.41) is 0.706. The lowest BCUT2D eigenvalue weighted by molar-refractivity contribution is -0.137. The smallest absolute Gasteiger partial charge is 0.340 e. The molecule has 4 aromatic rings. The largest absolute Gasteiger partial charge is 0.462 e. The fourth-order valence-electron chi connectivity index (χ4n) is 5.56. The number of fused-ring (bicyclic) bond motifs is 1. The van der Waals surface area contributed by atoms with Gasteiger partial charge in [-0.2, -0.15) is 0 Å². The molecule has 1 fully saturated rings. The van der Waals surface area contributed by atoms with Crippen LogP contribution in [0.3, 0.4) is 0 Å². The average Bonchev–Trinajstić information content (AvgIpc) is 3.51. The Hall–Kier alpha value is -3.86. The molecule has 0 unspecified atom stereocenters. The maximum atomic E-state index is 13.5. The molecule has 36 heavy (non-hydrogen) atoms. The van der Waals surface area contributed by atoms with E-state index in [1.54, 1.807) is 13.0 Å². The van der Waals surface area contributed by atoms with Gasteiger partial charge in [-0.25, -0.2) is 4.79 Å². The number of benzene rings is 3. The van der Waals surface area contributed by atoms with Gasteiger partial charge in [0.25, 0.3) is 0 Å². The Labute approximate surface area is 211 Å². The number of aromatic nitrogens is 1. The minimum atomic E-state index is -0.383. The van der Waals surface area contributed by atoms with Crippen LogP contribution >= 0.6 is 0 Å². The molecule has 0 saturated heterocycles. The monoisotopic (exact) mass is 481 g/mol. The Morgan fingerprint density at radius 3 is 2.28 bits per heavy atom. The second kappa shape index (κ2) is 10.4. The Balaban J connectivity index is 1.55. The Morgan fingerprint density at radius 2 is 1.61 bits per heavy atom. The van der Waals surface area contributed by atoms with Crippen molar-refractivity contribution >= 4 is 22.8 Å². The third-order valence-electron chi connectivity index (χ3n) is 7.17. The van der Waals surface area contributed by atoms with Gasteiger partial charge in [0, 0.05) is 16.8 Å². The number of hydrogen-bond acceptors (Lipinski definition) is 4. The summed E-state index contributed by atoms with van der Waals surface area (Å²) in [5.41, 5.74) is 4.08. The zero-order chi connectivity index (χ0) is 25.1. The molecule has 0 aliphatic heterocycles. The summed E-state index contributed by atoms with van der Waals surface area (Å²) in [7, 11) is 0. The van der Waals surface area contributed by atoms with Gasteiger partial charge < -0.3 is 14.0 Å². The number of esters is 2. The van der Waals surface area contributed by atoms with Crippen molar-refractivity contribution in [2.24, 2.45) is 5.92 Å². The van der Waals surface area contributed by atoms with Crippen molar-refractivity contribution in [1.82, 2.24) is 4.57 Å². The van der Waals surface area contributed by atoms with Crippen LogP contribution in [-0.4, -0.2) is 23.1 Å². The molecule has 0 spiro atoms. The molecular formula is C31H31NO4. The number of hydrogen-bond donors (Lipinski definition) is 0. The lowest BCUT2D eigenvalue weighted by Gasteiger charge is -2.22. The standard InChI is InChI=1S/C31H31NO4/c1-3-35-30(33)28-21(2)32(24-16-8-5-9-17-24)27-19-18-25(20-26(27)28)36-31(34)29(23-14-10-11-15-23)22-12-6-4-7-13-22/h4-9,12-13,16-20,23,29H,3,10-11,14-15H2,1-2H3/t29-/m0/s1. The topological polar surface area (TPSA) is 57.5 Å². The van der Waals surface area contributed by atoms with Crippen LogP contribution in [0.15, 0.2) is 78.9 Å². The second-order valence-electron chi connectivity index (χ2n) is 9.38. The van der Waals surface area contributed by atoms with Crippen LogP contribution in [0, 0.1) is 12.8 Å². The van der Waals surface area contributed by atoms with E-state index in [-0.39, 0.29) is 30.4 Å².